The molecule has 0 aliphatic carbocycles. The quantitative estimate of drug-likeness (QED) is 0.896. The van der Waals surface area contributed by atoms with E-state index in [0.29, 0.717) is 13.2 Å². The van der Waals surface area contributed by atoms with Crippen molar-refractivity contribution in [1.29, 1.82) is 0 Å². The molecule has 2 rings (SSSR count). The van der Waals surface area contributed by atoms with Gasteiger partial charge in [0.15, 0.2) is 0 Å². The van der Waals surface area contributed by atoms with Crippen LogP contribution in [-0.2, 0) is 4.74 Å². The van der Waals surface area contributed by atoms with Crippen LogP contribution in [0.5, 0.6) is 0 Å². The second kappa shape index (κ2) is 5.17. The molecule has 1 saturated heterocycles. The molecule has 1 aromatic rings. The standard InChI is InChI=1S/C12H17BrN2O/c13-10-4-1-2-5-11(10)15-12(8-14)6-3-7-16-9-12/h1-2,4-5,15H,3,6-9,14H2. The molecule has 1 fully saturated rings. The summed E-state index contributed by atoms with van der Waals surface area (Å²) in [6.07, 6.45) is 2.12. The second-order valence-corrected chi connectivity index (χ2v) is 5.10. The van der Waals surface area contributed by atoms with E-state index in [2.05, 4.69) is 27.3 Å². The van der Waals surface area contributed by atoms with Crippen LogP contribution in [-0.4, -0.2) is 25.3 Å². The average Bonchev–Trinajstić information content (AvgIpc) is 2.33. The molecule has 3 nitrogen and oxygen atoms in total. The van der Waals surface area contributed by atoms with Crippen LogP contribution in [0.25, 0.3) is 0 Å². The van der Waals surface area contributed by atoms with E-state index in [9.17, 15) is 0 Å². The smallest absolute Gasteiger partial charge is 0.0729 e. The Kier molecular flexibility index (Phi) is 3.84. The maximum atomic E-state index is 5.88. The van der Waals surface area contributed by atoms with Gasteiger partial charge in [-0.25, -0.2) is 0 Å². The van der Waals surface area contributed by atoms with Crippen molar-refractivity contribution in [1.82, 2.24) is 0 Å². The summed E-state index contributed by atoms with van der Waals surface area (Å²) in [7, 11) is 0. The fourth-order valence-corrected chi connectivity index (χ4v) is 2.40. The van der Waals surface area contributed by atoms with Crippen LogP contribution >= 0.6 is 15.9 Å². The molecule has 1 aromatic carbocycles. The first kappa shape index (κ1) is 11.9. The number of hydrogen-bond donors (Lipinski definition) is 2. The molecule has 1 heterocycles. The van der Waals surface area contributed by atoms with Gasteiger partial charge in [0.25, 0.3) is 0 Å². The molecular weight excluding hydrogens is 268 g/mol. The molecule has 0 bridgehead atoms. The monoisotopic (exact) mass is 284 g/mol. The third-order valence-corrected chi connectivity index (χ3v) is 3.68. The highest BCUT2D eigenvalue weighted by molar-refractivity contribution is 9.10. The van der Waals surface area contributed by atoms with Gasteiger partial charge < -0.3 is 15.8 Å². The normalized spacial score (nSPS) is 25.4. The third kappa shape index (κ3) is 2.56. The Balaban J connectivity index is 2.15. The van der Waals surface area contributed by atoms with Crippen molar-refractivity contribution < 1.29 is 4.74 Å². The number of para-hydroxylation sites is 1. The van der Waals surface area contributed by atoms with E-state index in [1.165, 1.54) is 0 Å². The lowest BCUT2D eigenvalue weighted by Crippen LogP contribution is -2.51. The zero-order chi connectivity index (χ0) is 11.4. The number of benzene rings is 1. The predicted octanol–water partition coefficient (Wildman–Crippen LogP) is 2.37. The first-order chi connectivity index (χ1) is 7.76. The van der Waals surface area contributed by atoms with E-state index >= 15 is 0 Å². The number of hydrogen-bond acceptors (Lipinski definition) is 3. The lowest BCUT2D eigenvalue weighted by atomic mass is 9.92. The topological polar surface area (TPSA) is 47.3 Å². The molecule has 0 saturated carbocycles. The minimum atomic E-state index is -0.109. The van der Waals surface area contributed by atoms with E-state index < -0.39 is 0 Å². The Bertz CT molecular complexity index is 351. The van der Waals surface area contributed by atoms with Crippen LogP contribution in [0, 0.1) is 0 Å². The van der Waals surface area contributed by atoms with Gasteiger partial charge in [-0.3, -0.25) is 0 Å². The average molecular weight is 285 g/mol. The van der Waals surface area contributed by atoms with Gasteiger partial charge in [-0.05, 0) is 40.9 Å². The minimum Gasteiger partial charge on any atom is -0.379 e. The Morgan fingerprint density at radius 3 is 2.88 bits per heavy atom. The molecule has 16 heavy (non-hydrogen) atoms. The highest BCUT2D eigenvalue weighted by Gasteiger charge is 2.31. The molecule has 1 unspecified atom stereocenters. The van der Waals surface area contributed by atoms with E-state index in [4.69, 9.17) is 10.5 Å². The molecule has 1 atom stereocenters. The molecule has 3 N–H and O–H groups in total. The van der Waals surface area contributed by atoms with Gasteiger partial charge in [0.2, 0.25) is 0 Å². The Morgan fingerprint density at radius 1 is 1.44 bits per heavy atom. The minimum absolute atomic E-state index is 0.109. The van der Waals surface area contributed by atoms with Crippen molar-refractivity contribution in [2.75, 3.05) is 25.1 Å². The van der Waals surface area contributed by atoms with Crippen LogP contribution in [0.3, 0.4) is 0 Å². The van der Waals surface area contributed by atoms with Gasteiger partial charge in [0.1, 0.15) is 0 Å². The Morgan fingerprint density at radius 2 is 2.25 bits per heavy atom. The zero-order valence-corrected chi connectivity index (χ0v) is 10.8. The van der Waals surface area contributed by atoms with Crippen molar-refractivity contribution >= 4 is 21.6 Å². The summed E-state index contributed by atoms with van der Waals surface area (Å²) in [6, 6.07) is 8.09. The molecule has 4 heteroatoms. The van der Waals surface area contributed by atoms with Gasteiger partial charge >= 0.3 is 0 Å². The van der Waals surface area contributed by atoms with E-state index in [-0.39, 0.29) is 5.54 Å². The molecule has 0 radical (unpaired) electrons. The first-order valence-electron chi connectivity index (χ1n) is 5.56. The Labute approximate surface area is 104 Å². The lowest BCUT2D eigenvalue weighted by Gasteiger charge is -2.38. The van der Waals surface area contributed by atoms with Crippen LogP contribution in [0.4, 0.5) is 5.69 Å². The van der Waals surface area contributed by atoms with Gasteiger partial charge in [-0.1, -0.05) is 12.1 Å². The fraction of sp³-hybridized carbons (Fsp3) is 0.500. The predicted molar refractivity (Wildman–Crippen MR) is 69.6 cm³/mol. The summed E-state index contributed by atoms with van der Waals surface area (Å²) in [5.41, 5.74) is 6.85. The summed E-state index contributed by atoms with van der Waals surface area (Å²) in [5, 5.41) is 3.52. The first-order valence-corrected chi connectivity index (χ1v) is 6.36. The van der Waals surface area contributed by atoms with Crippen molar-refractivity contribution in [3.63, 3.8) is 0 Å². The number of nitrogens with one attached hydrogen (secondary N) is 1. The summed E-state index contributed by atoms with van der Waals surface area (Å²) < 4.78 is 6.59. The second-order valence-electron chi connectivity index (χ2n) is 4.25. The molecular formula is C12H17BrN2O. The molecule has 0 amide bonds. The highest BCUT2D eigenvalue weighted by atomic mass is 79.9. The van der Waals surface area contributed by atoms with Crippen LogP contribution < -0.4 is 11.1 Å². The number of rotatable bonds is 3. The van der Waals surface area contributed by atoms with Crippen molar-refractivity contribution in [3.8, 4) is 0 Å². The van der Waals surface area contributed by atoms with Crippen molar-refractivity contribution in [3.05, 3.63) is 28.7 Å². The number of ether oxygens (including phenoxy) is 1. The number of anilines is 1. The maximum absolute atomic E-state index is 5.88. The van der Waals surface area contributed by atoms with Crippen LogP contribution in [0.15, 0.2) is 28.7 Å². The molecule has 0 spiro atoms. The summed E-state index contributed by atoms with van der Waals surface area (Å²) in [4.78, 5) is 0. The third-order valence-electron chi connectivity index (χ3n) is 2.99. The van der Waals surface area contributed by atoms with Gasteiger partial charge in [0, 0.05) is 23.3 Å². The van der Waals surface area contributed by atoms with Gasteiger partial charge in [-0.15, -0.1) is 0 Å². The molecule has 1 aliphatic rings. The summed E-state index contributed by atoms with van der Waals surface area (Å²) >= 11 is 3.53. The molecule has 0 aromatic heterocycles. The molecule has 1 aliphatic heterocycles. The lowest BCUT2D eigenvalue weighted by molar-refractivity contribution is 0.0502. The highest BCUT2D eigenvalue weighted by Crippen LogP contribution is 2.28. The maximum Gasteiger partial charge on any atom is 0.0729 e. The number of nitrogens with two attached hydrogens (primary N) is 1. The van der Waals surface area contributed by atoms with Gasteiger partial charge in [-0.2, -0.15) is 0 Å². The summed E-state index contributed by atoms with van der Waals surface area (Å²) in [5.74, 6) is 0. The summed E-state index contributed by atoms with van der Waals surface area (Å²) in [6.45, 7) is 2.12. The number of halogens is 1. The fourth-order valence-electron chi connectivity index (χ4n) is 2.01. The largest absolute Gasteiger partial charge is 0.379 e. The van der Waals surface area contributed by atoms with Crippen molar-refractivity contribution in [2.24, 2.45) is 5.73 Å². The SMILES string of the molecule is NCC1(Nc2ccccc2Br)CCCOC1. The van der Waals surface area contributed by atoms with E-state index in [1.54, 1.807) is 0 Å². The zero-order valence-electron chi connectivity index (χ0n) is 9.21. The Hall–Kier alpha value is -0.580. The van der Waals surface area contributed by atoms with E-state index in [0.717, 1.165) is 29.6 Å². The van der Waals surface area contributed by atoms with Crippen molar-refractivity contribution in [2.45, 2.75) is 18.4 Å². The van der Waals surface area contributed by atoms with E-state index in [1.807, 2.05) is 18.2 Å². The molecule has 88 valence electrons. The van der Waals surface area contributed by atoms with Crippen LogP contribution in [0.1, 0.15) is 12.8 Å². The van der Waals surface area contributed by atoms with Crippen LogP contribution in [0.2, 0.25) is 0 Å². The van der Waals surface area contributed by atoms with Gasteiger partial charge in [0.05, 0.1) is 12.1 Å².